The molecule has 0 saturated carbocycles. The van der Waals surface area contributed by atoms with Crippen LogP contribution in [-0.4, -0.2) is 44.9 Å². The van der Waals surface area contributed by atoms with Gasteiger partial charge in [-0.2, -0.15) is 4.31 Å². The fourth-order valence-corrected chi connectivity index (χ4v) is 6.29. The average molecular weight is 483 g/mol. The van der Waals surface area contributed by atoms with E-state index in [-0.39, 0.29) is 40.8 Å². The van der Waals surface area contributed by atoms with Crippen LogP contribution in [-0.2, 0) is 21.2 Å². The third kappa shape index (κ3) is 5.00. The number of hydrogen-bond donors (Lipinski definition) is 1. The molecule has 0 spiro atoms. The van der Waals surface area contributed by atoms with Crippen molar-refractivity contribution < 1.29 is 17.9 Å². The normalized spacial score (nSPS) is 20.0. The molecule has 1 N–H and O–H groups in total. The SMILES string of the molecule is O=C(NCC1COc2ccccc2C1)C1CCN(S(=O)(=O)c2cc(Cl)ccc2Cl)CC1. The standard InChI is InChI=1S/C22H24Cl2N2O4S/c23-18-5-6-19(24)21(12-18)31(28,29)26-9-7-16(8-10-26)22(27)25-13-15-11-17-3-1-2-4-20(17)30-14-15/h1-6,12,15-16H,7-11,13-14H2,(H,25,27). The van der Waals surface area contributed by atoms with Crippen LogP contribution in [0.3, 0.4) is 0 Å². The number of amides is 1. The van der Waals surface area contributed by atoms with Crippen LogP contribution in [0.2, 0.25) is 10.0 Å². The molecule has 1 atom stereocenters. The van der Waals surface area contributed by atoms with Gasteiger partial charge in [-0.15, -0.1) is 0 Å². The van der Waals surface area contributed by atoms with Gasteiger partial charge in [-0.3, -0.25) is 4.79 Å². The van der Waals surface area contributed by atoms with Gasteiger partial charge in [0.2, 0.25) is 15.9 Å². The van der Waals surface area contributed by atoms with E-state index >= 15 is 0 Å². The molecule has 2 aromatic carbocycles. The average Bonchev–Trinajstić information content (AvgIpc) is 2.79. The maximum Gasteiger partial charge on any atom is 0.244 e. The number of carbonyl (C=O) groups excluding carboxylic acids is 1. The van der Waals surface area contributed by atoms with Gasteiger partial charge in [-0.1, -0.05) is 41.4 Å². The number of piperidine rings is 1. The Kier molecular flexibility index (Phi) is 6.77. The molecule has 1 amide bonds. The van der Waals surface area contributed by atoms with Crippen LogP contribution >= 0.6 is 23.2 Å². The summed E-state index contributed by atoms with van der Waals surface area (Å²) < 4.78 is 33.0. The molecule has 2 heterocycles. The van der Waals surface area contributed by atoms with Crippen molar-refractivity contribution in [2.75, 3.05) is 26.2 Å². The summed E-state index contributed by atoms with van der Waals surface area (Å²) in [5, 5.41) is 3.48. The van der Waals surface area contributed by atoms with Gasteiger partial charge in [0.05, 0.1) is 11.6 Å². The maximum atomic E-state index is 12.9. The minimum absolute atomic E-state index is 0.00199. The van der Waals surface area contributed by atoms with Crippen LogP contribution in [0.4, 0.5) is 0 Å². The van der Waals surface area contributed by atoms with E-state index in [0.717, 1.165) is 17.7 Å². The van der Waals surface area contributed by atoms with Crippen LogP contribution in [0.5, 0.6) is 5.75 Å². The summed E-state index contributed by atoms with van der Waals surface area (Å²) in [6.07, 6.45) is 1.80. The highest BCUT2D eigenvalue weighted by Crippen LogP contribution is 2.31. The Hall–Kier alpha value is -1.80. The van der Waals surface area contributed by atoms with Gasteiger partial charge < -0.3 is 10.1 Å². The largest absolute Gasteiger partial charge is 0.493 e. The van der Waals surface area contributed by atoms with Crippen molar-refractivity contribution in [2.24, 2.45) is 11.8 Å². The second-order valence-electron chi connectivity index (χ2n) is 7.99. The van der Waals surface area contributed by atoms with E-state index in [9.17, 15) is 13.2 Å². The number of nitrogens with zero attached hydrogens (tertiary/aromatic N) is 1. The Balaban J connectivity index is 1.30. The molecule has 4 rings (SSSR count). The zero-order valence-electron chi connectivity index (χ0n) is 16.9. The molecular formula is C22H24Cl2N2O4S. The highest BCUT2D eigenvalue weighted by atomic mass is 35.5. The number of fused-ring (bicyclic) bond motifs is 1. The number of hydrogen-bond acceptors (Lipinski definition) is 4. The first-order valence-electron chi connectivity index (χ1n) is 10.3. The molecule has 0 radical (unpaired) electrons. The van der Waals surface area contributed by atoms with Crippen molar-refractivity contribution in [1.82, 2.24) is 9.62 Å². The van der Waals surface area contributed by atoms with E-state index < -0.39 is 10.0 Å². The minimum atomic E-state index is -3.75. The Labute approximate surface area is 192 Å². The second kappa shape index (κ2) is 9.36. The Morgan fingerprint density at radius 1 is 1.13 bits per heavy atom. The summed E-state index contributed by atoms with van der Waals surface area (Å²) in [6, 6.07) is 12.3. The molecule has 1 saturated heterocycles. The third-order valence-corrected chi connectivity index (χ3v) is 8.47. The lowest BCUT2D eigenvalue weighted by Crippen LogP contribution is -2.44. The Morgan fingerprint density at radius 2 is 1.87 bits per heavy atom. The summed E-state index contributed by atoms with van der Waals surface area (Å²) in [4.78, 5) is 12.7. The highest BCUT2D eigenvalue weighted by molar-refractivity contribution is 7.89. The van der Waals surface area contributed by atoms with Crippen LogP contribution < -0.4 is 10.1 Å². The van der Waals surface area contributed by atoms with Crippen molar-refractivity contribution in [3.8, 4) is 5.75 Å². The van der Waals surface area contributed by atoms with Crippen LogP contribution in [0, 0.1) is 11.8 Å². The van der Waals surface area contributed by atoms with Crippen molar-refractivity contribution in [3.05, 3.63) is 58.1 Å². The summed E-state index contributed by atoms with van der Waals surface area (Å²) in [6.45, 7) is 1.66. The maximum absolute atomic E-state index is 12.9. The Morgan fingerprint density at radius 3 is 2.65 bits per heavy atom. The summed E-state index contributed by atoms with van der Waals surface area (Å²) in [5.41, 5.74) is 1.16. The van der Waals surface area contributed by atoms with Gasteiger partial charge in [0.25, 0.3) is 0 Å². The van der Waals surface area contributed by atoms with Crippen LogP contribution in [0.1, 0.15) is 18.4 Å². The molecule has 6 nitrogen and oxygen atoms in total. The number of nitrogens with one attached hydrogen (secondary N) is 1. The zero-order valence-corrected chi connectivity index (χ0v) is 19.2. The molecule has 31 heavy (non-hydrogen) atoms. The van der Waals surface area contributed by atoms with E-state index in [0.29, 0.717) is 31.0 Å². The predicted octanol–water partition coefficient (Wildman–Crippen LogP) is 3.76. The fourth-order valence-electron chi connectivity index (χ4n) is 4.08. The van der Waals surface area contributed by atoms with E-state index in [4.69, 9.17) is 27.9 Å². The van der Waals surface area contributed by atoms with E-state index in [1.54, 1.807) is 6.07 Å². The summed E-state index contributed by atoms with van der Waals surface area (Å²) in [7, 11) is -3.75. The van der Waals surface area contributed by atoms with E-state index in [1.807, 2.05) is 24.3 Å². The minimum Gasteiger partial charge on any atom is -0.493 e. The molecule has 2 aliphatic heterocycles. The van der Waals surface area contributed by atoms with Crippen molar-refractivity contribution in [2.45, 2.75) is 24.2 Å². The quantitative estimate of drug-likeness (QED) is 0.703. The first-order valence-corrected chi connectivity index (χ1v) is 12.5. The topological polar surface area (TPSA) is 75.7 Å². The molecule has 2 aliphatic rings. The number of halogens is 2. The molecule has 1 fully saturated rings. The fraction of sp³-hybridized carbons (Fsp3) is 0.409. The first-order chi connectivity index (χ1) is 14.8. The van der Waals surface area contributed by atoms with Gasteiger partial charge in [0, 0.05) is 36.5 Å². The van der Waals surface area contributed by atoms with E-state index in [2.05, 4.69) is 5.32 Å². The molecule has 0 aliphatic carbocycles. The van der Waals surface area contributed by atoms with Crippen LogP contribution in [0.15, 0.2) is 47.4 Å². The zero-order chi connectivity index (χ0) is 22.0. The number of sulfonamides is 1. The molecular weight excluding hydrogens is 459 g/mol. The summed E-state index contributed by atoms with van der Waals surface area (Å²) in [5.74, 6) is 0.900. The monoisotopic (exact) mass is 482 g/mol. The number of ether oxygens (including phenoxy) is 1. The van der Waals surface area contributed by atoms with Crippen LogP contribution in [0.25, 0.3) is 0 Å². The van der Waals surface area contributed by atoms with Crippen molar-refractivity contribution in [3.63, 3.8) is 0 Å². The van der Waals surface area contributed by atoms with Gasteiger partial charge in [0.1, 0.15) is 10.6 Å². The summed E-state index contributed by atoms with van der Waals surface area (Å²) >= 11 is 12.0. The molecule has 0 aromatic heterocycles. The third-order valence-electron chi connectivity index (χ3n) is 5.86. The van der Waals surface area contributed by atoms with Gasteiger partial charge >= 0.3 is 0 Å². The lowest BCUT2D eigenvalue weighted by atomic mass is 9.95. The highest BCUT2D eigenvalue weighted by Gasteiger charge is 2.33. The lowest BCUT2D eigenvalue weighted by Gasteiger charge is -2.31. The molecule has 166 valence electrons. The first kappa shape index (κ1) is 22.4. The number of rotatable bonds is 5. The second-order valence-corrected chi connectivity index (χ2v) is 10.7. The van der Waals surface area contributed by atoms with Crippen molar-refractivity contribution in [1.29, 1.82) is 0 Å². The molecule has 9 heteroatoms. The molecule has 1 unspecified atom stereocenters. The molecule has 0 bridgehead atoms. The van der Waals surface area contributed by atoms with Gasteiger partial charge in [-0.05, 0) is 49.1 Å². The number of carbonyl (C=O) groups is 1. The predicted molar refractivity (Wildman–Crippen MR) is 120 cm³/mol. The van der Waals surface area contributed by atoms with E-state index in [1.165, 1.54) is 16.4 Å². The Bertz CT molecular complexity index is 1070. The lowest BCUT2D eigenvalue weighted by molar-refractivity contribution is -0.126. The van der Waals surface area contributed by atoms with Gasteiger partial charge in [-0.25, -0.2) is 8.42 Å². The van der Waals surface area contributed by atoms with Gasteiger partial charge in [0.15, 0.2) is 0 Å². The van der Waals surface area contributed by atoms with Crippen molar-refractivity contribution >= 4 is 39.1 Å². The molecule has 2 aromatic rings. The number of para-hydroxylation sites is 1. The smallest absolute Gasteiger partial charge is 0.244 e. The number of benzene rings is 2.